The Kier molecular flexibility index (Phi) is 4.72. The van der Waals surface area contributed by atoms with E-state index in [0.717, 1.165) is 5.56 Å². The van der Waals surface area contributed by atoms with Gasteiger partial charge in [-0.2, -0.15) is 4.31 Å². The standard InChI is InChI=1S/C13H20N2O4S2/c1-11(14-2)12-4-3-5-13(10-12)21(18,19)15-6-8-20(16,17)9-7-15/h3-5,10-11,14H,6-9H2,1-2H3. The number of nitrogens with zero attached hydrogens (tertiary/aromatic N) is 1. The summed E-state index contributed by atoms with van der Waals surface area (Å²) in [5, 5.41) is 3.06. The van der Waals surface area contributed by atoms with E-state index in [2.05, 4.69) is 5.32 Å². The lowest BCUT2D eigenvalue weighted by molar-refractivity contribution is 0.430. The molecule has 118 valence electrons. The van der Waals surface area contributed by atoms with Crippen molar-refractivity contribution >= 4 is 19.9 Å². The van der Waals surface area contributed by atoms with Gasteiger partial charge in [0, 0.05) is 19.1 Å². The molecular weight excluding hydrogens is 312 g/mol. The van der Waals surface area contributed by atoms with Gasteiger partial charge in [0.05, 0.1) is 16.4 Å². The average molecular weight is 332 g/mol. The second kappa shape index (κ2) is 6.04. The van der Waals surface area contributed by atoms with E-state index in [1.54, 1.807) is 25.2 Å². The van der Waals surface area contributed by atoms with Crippen LogP contribution in [0.4, 0.5) is 0 Å². The van der Waals surface area contributed by atoms with Crippen LogP contribution in [0.1, 0.15) is 18.5 Å². The Hall–Kier alpha value is -0.960. The molecule has 1 atom stereocenters. The van der Waals surface area contributed by atoms with E-state index in [-0.39, 0.29) is 35.5 Å². The predicted molar refractivity (Wildman–Crippen MR) is 81.3 cm³/mol. The van der Waals surface area contributed by atoms with Crippen molar-refractivity contribution in [2.45, 2.75) is 17.9 Å². The normalized spacial score (nSPS) is 21.0. The van der Waals surface area contributed by atoms with Gasteiger partial charge in [0.15, 0.2) is 9.84 Å². The molecule has 0 spiro atoms. The number of rotatable bonds is 4. The lowest BCUT2D eigenvalue weighted by Crippen LogP contribution is -2.43. The number of sulfone groups is 1. The summed E-state index contributed by atoms with van der Waals surface area (Å²) in [4.78, 5) is 0.210. The van der Waals surface area contributed by atoms with Crippen LogP contribution in [-0.2, 0) is 19.9 Å². The highest BCUT2D eigenvalue weighted by molar-refractivity contribution is 7.92. The Balaban J connectivity index is 2.28. The molecule has 8 heteroatoms. The van der Waals surface area contributed by atoms with Gasteiger partial charge in [-0.25, -0.2) is 16.8 Å². The molecule has 0 radical (unpaired) electrons. The third-order valence-corrected chi connectivity index (χ3v) is 7.24. The summed E-state index contributed by atoms with van der Waals surface area (Å²) >= 11 is 0. The topological polar surface area (TPSA) is 83.6 Å². The minimum Gasteiger partial charge on any atom is -0.313 e. The summed E-state index contributed by atoms with van der Waals surface area (Å²) in [5.74, 6) is -0.225. The van der Waals surface area contributed by atoms with Crippen LogP contribution in [0, 0.1) is 0 Å². The molecule has 1 saturated heterocycles. The van der Waals surface area contributed by atoms with Crippen molar-refractivity contribution in [3.8, 4) is 0 Å². The highest BCUT2D eigenvalue weighted by Crippen LogP contribution is 2.21. The maximum atomic E-state index is 12.6. The van der Waals surface area contributed by atoms with Gasteiger partial charge in [0.25, 0.3) is 0 Å². The zero-order valence-corrected chi connectivity index (χ0v) is 13.7. The lowest BCUT2D eigenvalue weighted by atomic mass is 10.1. The van der Waals surface area contributed by atoms with E-state index in [1.165, 1.54) is 4.31 Å². The van der Waals surface area contributed by atoms with Gasteiger partial charge in [-0.1, -0.05) is 12.1 Å². The highest BCUT2D eigenvalue weighted by Gasteiger charge is 2.31. The molecular formula is C13H20N2O4S2. The lowest BCUT2D eigenvalue weighted by Gasteiger charge is -2.26. The average Bonchev–Trinajstić information content (AvgIpc) is 2.46. The van der Waals surface area contributed by atoms with Crippen LogP contribution < -0.4 is 5.32 Å². The molecule has 1 fully saturated rings. The number of benzene rings is 1. The molecule has 1 aliphatic rings. The van der Waals surface area contributed by atoms with E-state index < -0.39 is 19.9 Å². The van der Waals surface area contributed by atoms with E-state index in [1.807, 2.05) is 13.0 Å². The monoisotopic (exact) mass is 332 g/mol. The minimum atomic E-state index is -3.64. The van der Waals surface area contributed by atoms with Gasteiger partial charge in [0.1, 0.15) is 0 Å². The van der Waals surface area contributed by atoms with Crippen molar-refractivity contribution in [3.63, 3.8) is 0 Å². The first kappa shape index (κ1) is 16.4. The maximum Gasteiger partial charge on any atom is 0.243 e. The maximum absolute atomic E-state index is 12.6. The van der Waals surface area contributed by atoms with Crippen molar-refractivity contribution in [1.82, 2.24) is 9.62 Å². The molecule has 0 aliphatic carbocycles. The van der Waals surface area contributed by atoms with Gasteiger partial charge in [-0.15, -0.1) is 0 Å². The Morgan fingerprint density at radius 1 is 1.24 bits per heavy atom. The van der Waals surface area contributed by atoms with Crippen molar-refractivity contribution in [3.05, 3.63) is 29.8 Å². The fraction of sp³-hybridized carbons (Fsp3) is 0.538. The van der Waals surface area contributed by atoms with Crippen LogP contribution in [0.15, 0.2) is 29.2 Å². The summed E-state index contributed by atoms with van der Waals surface area (Å²) in [6.45, 7) is 1.99. The summed E-state index contributed by atoms with van der Waals surface area (Å²) in [7, 11) is -4.93. The summed E-state index contributed by atoms with van der Waals surface area (Å²) in [6, 6.07) is 6.79. The van der Waals surface area contributed by atoms with Crippen molar-refractivity contribution < 1.29 is 16.8 Å². The van der Waals surface area contributed by atoms with Gasteiger partial charge in [0.2, 0.25) is 10.0 Å². The number of nitrogens with one attached hydrogen (secondary N) is 1. The third-order valence-electron chi connectivity index (χ3n) is 3.73. The molecule has 2 rings (SSSR count). The molecule has 0 saturated carbocycles. The number of hydrogen-bond donors (Lipinski definition) is 1. The molecule has 1 N–H and O–H groups in total. The largest absolute Gasteiger partial charge is 0.313 e. The quantitative estimate of drug-likeness (QED) is 0.862. The number of hydrogen-bond acceptors (Lipinski definition) is 5. The van der Waals surface area contributed by atoms with Gasteiger partial charge in [-0.3, -0.25) is 0 Å². The second-order valence-corrected chi connectivity index (χ2v) is 9.38. The first-order valence-corrected chi connectivity index (χ1v) is 10.0. The molecule has 1 aromatic carbocycles. The first-order valence-electron chi connectivity index (χ1n) is 6.74. The Morgan fingerprint density at radius 2 is 1.86 bits per heavy atom. The van der Waals surface area contributed by atoms with Crippen LogP contribution in [0.2, 0.25) is 0 Å². The molecule has 1 aliphatic heterocycles. The van der Waals surface area contributed by atoms with Gasteiger partial charge in [-0.05, 0) is 31.7 Å². The molecule has 1 heterocycles. The fourth-order valence-corrected chi connectivity index (χ4v) is 5.13. The smallest absolute Gasteiger partial charge is 0.243 e. The molecule has 0 bridgehead atoms. The SMILES string of the molecule is CNC(C)c1cccc(S(=O)(=O)N2CCS(=O)(=O)CC2)c1. The highest BCUT2D eigenvalue weighted by atomic mass is 32.2. The van der Waals surface area contributed by atoms with Crippen molar-refractivity contribution in [1.29, 1.82) is 0 Å². The van der Waals surface area contributed by atoms with Crippen LogP contribution in [0.25, 0.3) is 0 Å². The Morgan fingerprint density at radius 3 is 2.43 bits per heavy atom. The van der Waals surface area contributed by atoms with Gasteiger partial charge >= 0.3 is 0 Å². The molecule has 1 unspecified atom stereocenters. The minimum absolute atomic E-state index is 0.0243. The van der Waals surface area contributed by atoms with Gasteiger partial charge < -0.3 is 5.32 Å². The van der Waals surface area contributed by atoms with Crippen LogP contribution in [-0.4, -0.2) is 52.8 Å². The third kappa shape index (κ3) is 3.63. The van der Waals surface area contributed by atoms with E-state index in [9.17, 15) is 16.8 Å². The second-order valence-electron chi connectivity index (χ2n) is 5.14. The Labute approximate surface area is 126 Å². The van der Waals surface area contributed by atoms with E-state index in [4.69, 9.17) is 0 Å². The van der Waals surface area contributed by atoms with Crippen LogP contribution in [0.5, 0.6) is 0 Å². The first-order chi connectivity index (χ1) is 9.76. The zero-order chi connectivity index (χ0) is 15.7. The molecule has 6 nitrogen and oxygen atoms in total. The van der Waals surface area contributed by atoms with E-state index >= 15 is 0 Å². The summed E-state index contributed by atoms with van der Waals surface area (Å²) in [5.41, 5.74) is 0.878. The van der Waals surface area contributed by atoms with E-state index in [0.29, 0.717) is 0 Å². The molecule has 0 aromatic heterocycles. The predicted octanol–water partition coefficient (Wildman–Crippen LogP) is 0.386. The molecule has 0 amide bonds. The summed E-state index contributed by atoms with van der Waals surface area (Å²) < 4.78 is 49.2. The zero-order valence-electron chi connectivity index (χ0n) is 12.1. The van der Waals surface area contributed by atoms with Crippen molar-refractivity contribution in [2.24, 2.45) is 0 Å². The molecule has 1 aromatic rings. The summed E-state index contributed by atoms with van der Waals surface area (Å²) in [6.07, 6.45) is 0. The molecule has 21 heavy (non-hydrogen) atoms. The van der Waals surface area contributed by atoms with Crippen LogP contribution in [0.3, 0.4) is 0 Å². The fourth-order valence-electron chi connectivity index (χ4n) is 2.20. The number of sulfonamides is 1. The van der Waals surface area contributed by atoms with Crippen molar-refractivity contribution in [2.75, 3.05) is 31.6 Å². The van der Waals surface area contributed by atoms with Crippen LogP contribution >= 0.6 is 0 Å². The Bertz CT molecular complexity index is 699.